The molecule has 0 aromatic carbocycles. The second-order valence-electron chi connectivity index (χ2n) is 6.57. The maximum absolute atomic E-state index is 11.4. The second-order valence-corrected chi connectivity index (χ2v) is 6.57. The van der Waals surface area contributed by atoms with Crippen molar-refractivity contribution >= 4 is 28.7 Å². The Hall–Kier alpha value is -2.48. The highest BCUT2D eigenvalue weighted by atomic mass is 16.3. The molecule has 0 radical (unpaired) electrons. The lowest BCUT2D eigenvalue weighted by Gasteiger charge is -2.38. The lowest BCUT2D eigenvalue weighted by atomic mass is 9.96. The highest BCUT2D eigenvalue weighted by molar-refractivity contribution is 5.88. The van der Waals surface area contributed by atoms with E-state index >= 15 is 0 Å². The first-order valence-electron chi connectivity index (χ1n) is 8.11. The molecular formula is C16H20N6O2. The van der Waals surface area contributed by atoms with Gasteiger partial charge in [-0.25, -0.2) is 4.98 Å². The molecule has 0 spiro atoms. The Bertz CT molecular complexity index is 823. The van der Waals surface area contributed by atoms with Crippen molar-refractivity contribution in [2.24, 2.45) is 11.8 Å². The SMILES string of the molecule is CC(=O)C1CN(c2nc(N)nc3c2ncn3[C@H]2C=C[C@@H](CO)C2)C1. The summed E-state index contributed by atoms with van der Waals surface area (Å²) in [6, 6.07) is 0.107. The van der Waals surface area contributed by atoms with Crippen LogP contribution < -0.4 is 10.6 Å². The molecule has 126 valence electrons. The van der Waals surface area contributed by atoms with Crippen LogP contribution in [0.1, 0.15) is 19.4 Å². The summed E-state index contributed by atoms with van der Waals surface area (Å²) in [4.78, 5) is 26.6. The number of hydrogen-bond donors (Lipinski definition) is 2. The average molecular weight is 328 g/mol. The number of hydrogen-bond acceptors (Lipinski definition) is 7. The van der Waals surface area contributed by atoms with E-state index in [-0.39, 0.29) is 36.2 Å². The monoisotopic (exact) mass is 328 g/mol. The van der Waals surface area contributed by atoms with Crippen LogP contribution in [0.4, 0.5) is 11.8 Å². The van der Waals surface area contributed by atoms with Gasteiger partial charge in [0.15, 0.2) is 17.0 Å². The minimum Gasteiger partial charge on any atom is -0.396 e. The number of imidazole rings is 1. The molecule has 1 aliphatic heterocycles. The number of allylic oxidation sites excluding steroid dienone is 1. The number of nitrogens with two attached hydrogens (primary N) is 1. The Morgan fingerprint density at radius 3 is 2.83 bits per heavy atom. The Labute approximate surface area is 139 Å². The summed E-state index contributed by atoms with van der Waals surface area (Å²) in [5, 5.41) is 9.31. The number of Topliss-reactive ketones (excluding diaryl/α,β-unsaturated/α-hetero) is 1. The molecule has 8 nitrogen and oxygen atoms in total. The van der Waals surface area contributed by atoms with E-state index in [1.807, 2.05) is 15.5 Å². The molecule has 0 unspecified atom stereocenters. The van der Waals surface area contributed by atoms with Gasteiger partial charge < -0.3 is 20.3 Å². The van der Waals surface area contributed by atoms with E-state index in [4.69, 9.17) is 5.73 Å². The van der Waals surface area contributed by atoms with Crippen LogP contribution in [0, 0.1) is 11.8 Å². The fraction of sp³-hybridized carbons (Fsp3) is 0.500. The lowest BCUT2D eigenvalue weighted by Crippen LogP contribution is -2.50. The van der Waals surface area contributed by atoms with Gasteiger partial charge in [-0.3, -0.25) is 4.79 Å². The van der Waals surface area contributed by atoms with Crippen LogP contribution in [-0.4, -0.2) is 50.1 Å². The van der Waals surface area contributed by atoms with Gasteiger partial charge in [0.25, 0.3) is 0 Å². The van der Waals surface area contributed by atoms with Crippen molar-refractivity contribution in [1.82, 2.24) is 19.5 Å². The standard InChI is InChI=1S/C16H20N6O2/c1-9(24)11-5-21(6-11)14-13-15(20-16(17)19-14)22(8-18-13)12-3-2-10(4-12)7-23/h2-3,8,10-12,23H,4-7H2,1H3,(H2,17,19,20)/t10-,12+/m1/s1. The first-order chi connectivity index (χ1) is 11.6. The second kappa shape index (κ2) is 5.55. The van der Waals surface area contributed by atoms with Crippen LogP contribution in [0.5, 0.6) is 0 Å². The van der Waals surface area contributed by atoms with Crippen LogP contribution >= 0.6 is 0 Å². The lowest BCUT2D eigenvalue weighted by molar-refractivity contribution is -0.121. The van der Waals surface area contributed by atoms with Gasteiger partial charge >= 0.3 is 0 Å². The van der Waals surface area contributed by atoms with Crippen LogP contribution in [0.15, 0.2) is 18.5 Å². The Balaban J connectivity index is 1.68. The molecule has 1 aliphatic carbocycles. The minimum absolute atomic E-state index is 0.0569. The molecule has 2 aromatic rings. The third-order valence-electron chi connectivity index (χ3n) is 4.92. The van der Waals surface area contributed by atoms with Crippen molar-refractivity contribution in [3.63, 3.8) is 0 Å². The van der Waals surface area contributed by atoms with E-state index in [0.29, 0.717) is 30.1 Å². The summed E-state index contributed by atoms with van der Waals surface area (Å²) in [6.45, 7) is 3.04. The van der Waals surface area contributed by atoms with Crippen molar-refractivity contribution in [2.75, 3.05) is 30.3 Å². The Kier molecular flexibility index (Phi) is 3.49. The molecule has 1 fully saturated rings. The van der Waals surface area contributed by atoms with Crippen LogP contribution in [-0.2, 0) is 4.79 Å². The third kappa shape index (κ3) is 2.34. The molecule has 8 heteroatoms. The highest BCUT2D eigenvalue weighted by Crippen LogP contribution is 2.34. The van der Waals surface area contributed by atoms with Crippen molar-refractivity contribution in [3.8, 4) is 0 Å². The number of nitrogens with zero attached hydrogens (tertiary/aromatic N) is 5. The zero-order valence-electron chi connectivity index (χ0n) is 13.5. The fourth-order valence-corrected chi connectivity index (χ4v) is 3.38. The Morgan fingerprint density at radius 1 is 1.38 bits per heavy atom. The zero-order chi connectivity index (χ0) is 16.8. The van der Waals surface area contributed by atoms with E-state index in [0.717, 1.165) is 6.42 Å². The van der Waals surface area contributed by atoms with Crippen molar-refractivity contribution in [1.29, 1.82) is 0 Å². The number of carbonyl (C=O) groups is 1. The van der Waals surface area contributed by atoms with Crippen molar-refractivity contribution in [3.05, 3.63) is 18.5 Å². The average Bonchev–Trinajstić information content (AvgIpc) is 3.10. The summed E-state index contributed by atoms with van der Waals surface area (Å²) in [5.74, 6) is 1.31. The molecule has 2 aliphatic rings. The molecule has 0 saturated carbocycles. The largest absolute Gasteiger partial charge is 0.396 e. The van der Waals surface area contributed by atoms with E-state index in [1.54, 1.807) is 13.3 Å². The molecule has 3 N–H and O–H groups in total. The molecule has 4 rings (SSSR count). The quantitative estimate of drug-likeness (QED) is 0.788. The van der Waals surface area contributed by atoms with Gasteiger partial charge in [-0.2, -0.15) is 9.97 Å². The third-order valence-corrected chi connectivity index (χ3v) is 4.92. The molecule has 0 bridgehead atoms. The van der Waals surface area contributed by atoms with Gasteiger partial charge in [0, 0.05) is 25.6 Å². The maximum atomic E-state index is 11.4. The normalized spacial score (nSPS) is 23.8. The smallest absolute Gasteiger partial charge is 0.224 e. The number of nitrogen functional groups attached to an aromatic ring is 1. The molecule has 0 amide bonds. The fourth-order valence-electron chi connectivity index (χ4n) is 3.38. The first-order valence-corrected chi connectivity index (χ1v) is 8.11. The first kappa shape index (κ1) is 15.1. The summed E-state index contributed by atoms with van der Waals surface area (Å²) in [6.07, 6.45) is 6.65. The maximum Gasteiger partial charge on any atom is 0.224 e. The molecular weight excluding hydrogens is 308 g/mol. The summed E-state index contributed by atoms with van der Waals surface area (Å²) in [5.41, 5.74) is 7.29. The van der Waals surface area contributed by atoms with Crippen molar-refractivity contribution < 1.29 is 9.90 Å². The summed E-state index contributed by atoms with van der Waals surface area (Å²) < 4.78 is 1.98. The minimum atomic E-state index is 0.0569. The number of fused-ring (bicyclic) bond motifs is 1. The van der Waals surface area contributed by atoms with E-state index in [9.17, 15) is 9.90 Å². The molecule has 2 aromatic heterocycles. The number of rotatable bonds is 4. The predicted molar refractivity (Wildman–Crippen MR) is 89.5 cm³/mol. The number of ketones is 1. The zero-order valence-corrected chi connectivity index (χ0v) is 13.5. The van der Waals surface area contributed by atoms with Gasteiger partial charge in [-0.15, -0.1) is 0 Å². The number of aromatic nitrogens is 4. The molecule has 24 heavy (non-hydrogen) atoms. The van der Waals surface area contributed by atoms with Gasteiger partial charge in [-0.05, 0) is 13.3 Å². The number of carbonyl (C=O) groups excluding carboxylic acids is 1. The molecule has 3 heterocycles. The van der Waals surface area contributed by atoms with Gasteiger partial charge in [0.05, 0.1) is 18.3 Å². The van der Waals surface area contributed by atoms with Gasteiger partial charge in [0.1, 0.15) is 5.78 Å². The molecule has 1 saturated heterocycles. The number of aliphatic hydroxyl groups excluding tert-OH is 1. The van der Waals surface area contributed by atoms with Crippen LogP contribution in [0.2, 0.25) is 0 Å². The van der Waals surface area contributed by atoms with Crippen LogP contribution in [0.3, 0.4) is 0 Å². The summed E-state index contributed by atoms with van der Waals surface area (Å²) in [7, 11) is 0. The Morgan fingerprint density at radius 2 is 2.17 bits per heavy atom. The molecule has 2 atom stereocenters. The summed E-state index contributed by atoms with van der Waals surface area (Å²) >= 11 is 0. The topological polar surface area (TPSA) is 110 Å². The number of aliphatic hydroxyl groups is 1. The van der Waals surface area contributed by atoms with E-state index in [2.05, 4.69) is 21.0 Å². The van der Waals surface area contributed by atoms with E-state index < -0.39 is 0 Å². The van der Waals surface area contributed by atoms with Crippen molar-refractivity contribution in [2.45, 2.75) is 19.4 Å². The number of anilines is 2. The van der Waals surface area contributed by atoms with Gasteiger partial charge in [0.2, 0.25) is 5.95 Å². The highest BCUT2D eigenvalue weighted by Gasteiger charge is 2.33. The van der Waals surface area contributed by atoms with Crippen LogP contribution in [0.25, 0.3) is 11.2 Å². The predicted octanol–water partition coefficient (Wildman–Crippen LogP) is 0.543. The van der Waals surface area contributed by atoms with E-state index in [1.165, 1.54) is 0 Å². The van der Waals surface area contributed by atoms with Gasteiger partial charge in [-0.1, -0.05) is 12.2 Å².